The number of carbonyl (C=O) groups excluding carboxylic acids is 1. The van der Waals surface area contributed by atoms with Crippen LogP contribution in [-0.4, -0.2) is 23.9 Å². The van der Waals surface area contributed by atoms with Crippen molar-refractivity contribution in [3.05, 3.63) is 29.8 Å². The molecule has 1 N–H and O–H groups in total. The first kappa shape index (κ1) is 16.0. The molecular weight excluding hydrogens is 306 g/mol. The van der Waals surface area contributed by atoms with E-state index in [4.69, 9.17) is 4.74 Å². The summed E-state index contributed by atoms with van der Waals surface area (Å²) in [5.74, 6) is 0.876. The van der Waals surface area contributed by atoms with Crippen molar-refractivity contribution in [1.82, 2.24) is 5.32 Å². The Labute approximate surface area is 123 Å². The second-order valence-corrected chi connectivity index (χ2v) is 5.36. The maximum absolute atomic E-state index is 11.7. The van der Waals surface area contributed by atoms with Gasteiger partial charge in [-0.25, -0.2) is 0 Å². The molecule has 0 aliphatic heterocycles. The van der Waals surface area contributed by atoms with Crippen LogP contribution >= 0.6 is 15.9 Å². The lowest BCUT2D eigenvalue weighted by Crippen LogP contribution is -2.35. The van der Waals surface area contributed by atoms with E-state index in [1.165, 1.54) is 0 Å². The van der Waals surface area contributed by atoms with Crippen molar-refractivity contribution in [2.45, 2.75) is 39.2 Å². The normalized spacial score (nSPS) is 11.9. The summed E-state index contributed by atoms with van der Waals surface area (Å²) in [5.41, 5.74) is 1.16. The standard InChI is InChI=1S/C15H22BrNO2/c1-3-13(7-9-16)17-15(18)8-10-19-14-6-4-5-12(2)11-14/h4-6,11,13H,3,7-10H2,1-2H3,(H,17,18). The zero-order valence-corrected chi connectivity index (χ0v) is 13.2. The summed E-state index contributed by atoms with van der Waals surface area (Å²) in [6.45, 7) is 4.52. The van der Waals surface area contributed by atoms with Crippen LogP contribution in [0.5, 0.6) is 5.75 Å². The number of carbonyl (C=O) groups is 1. The van der Waals surface area contributed by atoms with Gasteiger partial charge in [0.2, 0.25) is 5.91 Å². The predicted octanol–water partition coefficient (Wildman–Crippen LogP) is 3.44. The van der Waals surface area contributed by atoms with Crippen LogP contribution in [0, 0.1) is 6.92 Å². The van der Waals surface area contributed by atoms with Crippen LogP contribution in [0.2, 0.25) is 0 Å². The van der Waals surface area contributed by atoms with Crippen LogP contribution in [0.25, 0.3) is 0 Å². The fraction of sp³-hybridized carbons (Fsp3) is 0.533. The third kappa shape index (κ3) is 6.62. The fourth-order valence-corrected chi connectivity index (χ4v) is 2.33. The van der Waals surface area contributed by atoms with Crippen molar-refractivity contribution in [3.8, 4) is 5.75 Å². The number of nitrogens with one attached hydrogen (secondary N) is 1. The van der Waals surface area contributed by atoms with Crippen LogP contribution in [0.15, 0.2) is 24.3 Å². The van der Waals surface area contributed by atoms with E-state index in [0.717, 1.165) is 29.5 Å². The van der Waals surface area contributed by atoms with Crippen molar-refractivity contribution in [2.75, 3.05) is 11.9 Å². The van der Waals surface area contributed by atoms with Crippen LogP contribution < -0.4 is 10.1 Å². The number of alkyl halides is 1. The molecule has 1 atom stereocenters. The highest BCUT2D eigenvalue weighted by Crippen LogP contribution is 2.12. The largest absolute Gasteiger partial charge is 0.493 e. The highest BCUT2D eigenvalue weighted by molar-refractivity contribution is 9.09. The fourth-order valence-electron chi connectivity index (χ4n) is 1.78. The van der Waals surface area contributed by atoms with E-state index in [-0.39, 0.29) is 11.9 Å². The van der Waals surface area contributed by atoms with E-state index in [1.807, 2.05) is 31.2 Å². The maximum atomic E-state index is 11.7. The van der Waals surface area contributed by atoms with Gasteiger partial charge in [0, 0.05) is 11.4 Å². The summed E-state index contributed by atoms with van der Waals surface area (Å²) >= 11 is 3.39. The number of hydrogen-bond donors (Lipinski definition) is 1. The molecule has 0 saturated carbocycles. The van der Waals surface area contributed by atoms with Gasteiger partial charge in [-0.05, 0) is 37.5 Å². The van der Waals surface area contributed by atoms with Gasteiger partial charge in [0.25, 0.3) is 0 Å². The second-order valence-electron chi connectivity index (χ2n) is 4.57. The molecule has 106 valence electrons. The quantitative estimate of drug-likeness (QED) is 0.743. The van der Waals surface area contributed by atoms with Crippen LogP contribution in [-0.2, 0) is 4.79 Å². The van der Waals surface area contributed by atoms with Gasteiger partial charge in [0.1, 0.15) is 5.75 Å². The average Bonchev–Trinajstić information content (AvgIpc) is 2.38. The van der Waals surface area contributed by atoms with Gasteiger partial charge in [-0.1, -0.05) is 35.0 Å². The first-order valence-corrected chi connectivity index (χ1v) is 7.82. The van der Waals surface area contributed by atoms with E-state index in [2.05, 4.69) is 28.2 Å². The third-order valence-electron chi connectivity index (χ3n) is 2.90. The molecule has 1 aromatic rings. The molecule has 1 rings (SSSR count). The molecular formula is C15H22BrNO2. The number of rotatable bonds is 8. The smallest absolute Gasteiger partial charge is 0.223 e. The molecule has 1 aromatic carbocycles. The van der Waals surface area contributed by atoms with Crippen molar-refractivity contribution >= 4 is 21.8 Å². The first-order chi connectivity index (χ1) is 9.15. The molecule has 19 heavy (non-hydrogen) atoms. The molecule has 0 fully saturated rings. The molecule has 0 radical (unpaired) electrons. The van der Waals surface area contributed by atoms with Crippen molar-refractivity contribution < 1.29 is 9.53 Å². The highest BCUT2D eigenvalue weighted by atomic mass is 79.9. The lowest BCUT2D eigenvalue weighted by Gasteiger charge is -2.15. The SMILES string of the molecule is CCC(CCBr)NC(=O)CCOc1cccc(C)c1. The second kappa shape index (κ2) is 8.97. The van der Waals surface area contributed by atoms with Crippen molar-refractivity contribution in [2.24, 2.45) is 0 Å². The Balaban J connectivity index is 2.27. The Morgan fingerprint density at radius 2 is 2.26 bits per heavy atom. The summed E-state index contributed by atoms with van der Waals surface area (Å²) in [6.07, 6.45) is 2.31. The highest BCUT2D eigenvalue weighted by Gasteiger charge is 2.09. The molecule has 1 unspecified atom stereocenters. The van der Waals surface area contributed by atoms with Gasteiger partial charge in [-0.3, -0.25) is 4.79 Å². The summed E-state index contributed by atoms with van der Waals surface area (Å²) in [6, 6.07) is 8.10. The minimum Gasteiger partial charge on any atom is -0.493 e. The number of halogens is 1. The maximum Gasteiger partial charge on any atom is 0.223 e. The van der Waals surface area contributed by atoms with E-state index in [0.29, 0.717) is 13.0 Å². The molecule has 4 heteroatoms. The van der Waals surface area contributed by atoms with Crippen molar-refractivity contribution in [1.29, 1.82) is 0 Å². The van der Waals surface area contributed by atoms with E-state index in [9.17, 15) is 4.79 Å². The Morgan fingerprint density at radius 3 is 2.89 bits per heavy atom. The Bertz CT molecular complexity index is 395. The Morgan fingerprint density at radius 1 is 1.47 bits per heavy atom. The van der Waals surface area contributed by atoms with Gasteiger partial charge in [0.15, 0.2) is 0 Å². The van der Waals surface area contributed by atoms with Gasteiger partial charge in [0.05, 0.1) is 13.0 Å². The summed E-state index contributed by atoms with van der Waals surface area (Å²) in [7, 11) is 0. The minimum atomic E-state index is 0.0560. The number of ether oxygens (including phenoxy) is 1. The predicted molar refractivity (Wildman–Crippen MR) is 81.9 cm³/mol. The van der Waals surface area contributed by atoms with E-state index in [1.54, 1.807) is 0 Å². The molecule has 0 heterocycles. The van der Waals surface area contributed by atoms with Crippen LogP contribution in [0.1, 0.15) is 31.7 Å². The molecule has 1 amide bonds. The molecule has 0 aliphatic rings. The number of hydrogen-bond acceptors (Lipinski definition) is 2. The molecule has 0 aromatic heterocycles. The zero-order valence-electron chi connectivity index (χ0n) is 11.6. The number of benzene rings is 1. The zero-order chi connectivity index (χ0) is 14.1. The molecule has 0 saturated heterocycles. The molecule has 0 aliphatic carbocycles. The Hall–Kier alpha value is -1.03. The van der Waals surface area contributed by atoms with E-state index < -0.39 is 0 Å². The molecule has 0 bridgehead atoms. The lowest BCUT2D eigenvalue weighted by molar-refractivity contribution is -0.122. The van der Waals surface area contributed by atoms with Gasteiger partial charge < -0.3 is 10.1 Å². The number of aryl methyl sites for hydroxylation is 1. The van der Waals surface area contributed by atoms with Crippen LogP contribution in [0.3, 0.4) is 0 Å². The minimum absolute atomic E-state index is 0.0560. The Kier molecular flexibility index (Phi) is 7.56. The molecule has 0 spiro atoms. The first-order valence-electron chi connectivity index (χ1n) is 6.70. The molecule has 3 nitrogen and oxygen atoms in total. The topological polar surface area (TPSA) is 38.3 Å². The third-order valence-corrected chi connectivity index (χ3v) is 3.36. The lowest BCUT2D eigenvalue weighted by atomic mass is 10.1. The van der Waals surface area contributed by atoms with Gasteiger partial charge >= 0.3 is 0 Å². The van der Waals surface area contributed by atoms with Gasteiger partial charge in [-0.2, -0.15) is 0 Å². The summed E-state index contributed by atoms with van der Waals surface area (Å²) in [4.78, 5) is 11.7. The summed E-state index contributed by atoms with van der Waals surface area (Å²) in [5, 5.41) is 3.92. The van der Waals surface area contributed by atoms with Crippen LogP contribution in [0.4, 0.5) is 0 Å². The summed E-state index contributed by atoms with van der Waals surface area (Å²) < 4.78 is 5.56. The van der Waals surface area contributed by atoms with Gasteiger partial charge in [-0.15, -0.1) is 0 Å². The van der Waals surface area contributed by atoms with E-state index >= 15 is 0 Å². The number of amides is 1. The monoisotopic (exact) mass is 327 g/mol. The average molecular weight is 328 g/mol. The van der Waals surface area contributed by atoms with Crippen molar-refractivity contribution in [3.63, 3.8) is 0 Å².